The highest BCUT2D eigenvalue weighted by Gasteiger charge is 2.20. The number of anilines is 1. The second kappa shape index (κ2) is 14.9. The maximum atomic E-state index is 5.66. The van der Waals surface area contributed by atoms with Crippen molar-refractivity contribution in [2.24, 2.45) is 10.9 Å². The van der Waals surface area contributed by atoms with E-state index in [1.165, 1.54) is 18.4 Å². The first-order chi connectivity index (χ1) is 12.8. The van der Waals surface area contributed by atoms with Gasteiger partial charge in [0.25, 0.3) is 0 Å². The van der Waals surface area contributed by atoms with Crippen LogP contribution in [0.2, 0.25) is 0 Å². The molecule has 0 aromatic heterocycles. The van der Waals surface area contributed by atoms with Crippen molar-refractivity contribution in [2.45, 2.75) is 32.7 Å². The van der Waals surface area contributed by atoms with Crippen LogP contribution in [-0.2, 0) is 16.0 Å². The number of halogens is 1. The van der Waals surface area contributed by atoms with E-state index in [1.807, 2.05) is 0 Å². The maximum Gasteiger partial charge on any atom is 0.191 e. The molecule has 3 N–H and O–H groups in total. The largest absolute Gasteiger partial charge is 0.383 e. The number of ether oxygens (including phenoxy) is 2. The molecular weight excluding hydrogens is 455 g/mol. The van der Waals surface area contributed by atoms with Gasteiger partial charge in [-0.3, -0.25) is 0 Å². The molecule has 0 heterocycles. The van der Waals surface area contributed by atoms with Gasteiger partial charge in [0.05, 0.1) is 13.2 Å². The van der Waals surface area contributed by atoms with E-state index in [-0.39, 0.29) is 24.0 Å². The van der Waals surface area contributed by atoms with E-state index in [2.05, 4.69) is 52.1 Å². The van der Waals surface area contributed by atoms with Gasteiger partial charge >= 0.3 is 0 Å². The van der Waals surface area contributed by atoms with Crippen molar-refractivity contribution < 1.29 is 9.47 Å². The number of nitrogens with zero attached hydrogens (tertiary/aromatic N) is 1. The number of rotatable bonds is 13. The highest BCUT2D eigenvalue weighted by molar-refractivity contribution is 14.0. The van der Waals surface area contributed by atoms with E-state index >= 15 is 0 Å². The van der Waals surface area contributed by atoms with E-state index in [4.69, 9.17) is 9.47 Å². The van der Waals surface area contributed by atoms with Crippen LogP contribution in [0.3, 0.4) is 0 Å². The Morgan fingerprint density at radius 3 is 2.56 bits per heavy atom. The minimum Gasteiger partial charge on any atom is -0.383 e. The standard InChI is InChI=1S/C20H34N4O2.HI/c1-3-21-20(23-11-4-13-26-16-18-5-6-18)24-15-17-7-9-19(10-8-17)22-12-14-25-2;/h7-10,18,22H,3-6,11-16H2,1-2H3,(H2,21,23,24);1H. The van der Waals surface area contributed by atoms with Gasteiger partial charge in [-0.05, 0) is 49.8 Å². The molecule has 1 aliphatic rings. The van der Waals surface area contributed by atoms with Crippen LogP contribution in [-0.4, -0.2) is 52.5 Å². The first kappa shape index (κ1) is 24.0. The Kier molecular flexibility index (Phi) is 13.3. The number of benzene rings is 1. The molecule has 7 heteroatoms. The summed E-state index contributed by atoms with van der Waals surface area (Å²) in [6.07, 6.45) is 3.69. The van der Waals surface area contributed by atoms with E-state index in [0.717, 1.165) is 56.8 Å². The van der Waals surface area contributed by atoms with Gasteiger partial charge in [0.2, 0.25) is 0 Å². The Morgan fingerprint density at radius 1 is 1.11 bits per heavy atom. The molecule has 154 valence electrons. The van der Waals surface area contributed by atoms with Crippen LogP contribution in [0.15, 0.2) is 29.3 Å². The van der Waals surface area contributed by atoms with Gasteiger partial charge < -0.3 is 25.4 Å². The fraction of sp³-hybridized carbons (Fsp3) is 0.650. The Balaban J connectivity index is 0.00000364. The average Bonchev–Trinajstić information content (AvgIpc) is 3.48. The van der Waals surface area contributed by atoms with Crippen molar-refractivity contribution in [2.75, 3.05) is 51.9 Å². The van der Waals surface area contributed by atoms with Crippen molar-refractivity contribution in [3.8, 4) is 0 Å². The second-order valence-electron chi connectivity index (χ2n) is 6.61. The predicted molar refractivity (Wildman–Crippen MR) is 123 cm³/mol. The lowest BCUT2D eigenvalue weighted by Crippen LogP contribution is -2.38. The third-order valence-electron chi connectivity index (χ3n) is 4.16. The summed E-state index contributed by atoms with van der Waals surface area (Å²) in [4.78, 5) is 4.66. The monoisotopic (exact) mass is 490 g/mol. The highest BCUT2D eigenvalue weighted by Crippen LogP contribution is 2.28. The van der Waals surface area contributed by atoms with Crippen LogP contribution in [0, 0.1) is 5.92 Å². The molecule has 0 saturated heterocycles. The summed E-state index contributed by atoms with van der Waals surface area (Å²) in [6.45, 7) is 7.74. The Bertz CT molecular complexity index is 521. The van der Waals surface area contributed by atoms with Gasteiger partial charge in [-0.2, -0.15) is 0 Å². The number of guanidine groups is 1. The molecule has 0 aliphatic heterocycles. The molecule has 0 unspecified atom stereocenters. The molecule has 1 aliphatic carbocycles. The molecule has 1 fully saturated rings. The maximum absolute atomic E-state index is 5.66. The van der Waals surface area contributed by atoms with Crippen molar-refractivity contribution in [3.63, 3.8) is 0 Å². The van der Waals surface area contributed by atoms with E-state index < -0.39 is 0 Å². The number of hydrogen-bond acceptors (Lipinski definition) is 4. The molecule has 0 spiro atoms. The molecule has 0 radical (unpaired) electrons. The van der Waals surface area contributed by atoms with Crippen molar-refractivity contribution in [1.29, 1.82) is 0 Å². The fourth-order valence-electron chi connectivity index (χ4n) is 2.45. The van der Waals surface area contributed by atoms with Crippen LogP contribution >= 0.6 is 24.0 Å². The minimum atomic E-state index is 0. The van der Waals surface area contributed by atoms with Crippen molar-refractivity contribution in [1.82, 2.24) is 10.6 Å². The van der Waals surface area contributed by atoms with Gasteiger partial charge in [0.1, 0.15) is 0 Å². The fourth-order valence-corrected chi connectivity index (χ4v) is 2.45. The van der Waals surface area contributed by atoms with E-state index in [1.54, 1.807) is 7.11 Å². The third-order valence-corrected chi connectivity index (χ3v) is 4.16. The highest BCUT2D eigenvalue weighted by atomic mass is 127. The van der Waals surface area contributed by atoms with Gasteiger partial charge in [-0.1, -0.05) is 12.1 Å². The van der Waals surface area contributed by atoms with Crippen molar-refractivity contribution in [3.05, 3.63) is 29.8 Å². The number of hydrogen-bond donors (Lipinski definition) is 3. The summed E-state index contributed by atoms with van der Waals surface area (Å²) < 4.78 is 10.7. The lowest BCUT2D eigenvalue weighted by atomic mass is 10.2. The topological polar surface area (TPSA) is 66.9 Å². The van der Waals surface area contributed by atoms with Crippen molar-refractivity contribution >= 4 is 35.6 Å². The summed E-state index contributed by atoms with van der Waals surface area (Å²) in [6, 6.07) is 8.37. The van der Waals surface area contributed by atoms with Crippen LogP contribution in [0.4, 0.5) is 5.69 Å². The molecule has 0 bridgehead atoms. The molecule has 0 atom stereocenters. The Morgan fingerprint density at radius 2 is 1.89 bits per heavy atom. The average molecular weight is 490 g/mol. The lowest BCUT2D eigenvalue weighted by Gasteiger charge is -2.11. The smallest absolute Gasteiger partial charge is 0.191 e. The molecule has 1 aromatic rings. The zero-order valence-electron chi connectivity index (χ0n) is 16.6. The number of aliphatic imine (C=N–C) groups is 1. The second-order valence-corrected chi connectivity index (χ2v) is 6.61. The summed E-state index contributed by atoms with van der Waals surface area (Å²) in [7, 11) is 1.71. The Labute approximate surface area is 180 Å². The molecule has 1 saturated carbocycles. The van der Waals surface area contributed by atoms with Crippen LogP contribution in [0.1, 0.15) is 31.7 Å². The molecular formula is C20H35IN4O2. The first-order valence-electron chi connectivity index (χ1n) is 9.73. The number of methoxy groups -OCH3 is 1. The van der Waals surface area contributed by atoms with Gasteiger partial charge in [0.15, 0.2) is 5.96 Å². The van der Waals surface area contributed by atoms with E-state index in [0.29, 0.717) is 13.2 Å². The van der Waals surface area contributed by atoms with Gasteiger partial charge in [0, 0.05) is 45.6 Å². The molecule has 27 heavy (non-hydrogen) atoms. The molecule has 6 nitrogen and oxygen atoms in total. The summed E-state index contributed by atoms with van der Waals surface area (Å²) in [5.74, 6) is 1.69. The predicted octanol–water partition coefficient (Wildman–Crippen LogP) is 3.23. The first-order valence-corrected chi connectivity index (χ1v) is 9.73. The Hall–Kier alpha value is -1.06. The SMILES string of the molecule is CCNC(=NCc1ccc(NCCOC)cc1)NCCCOCC1CC1.I. The van der Waals surface area contributed by atoms with E-state index in [9.17, 15) is 0 Å². The zero-order chi connectivity index (χ0) is 18.5. The molecule has 1 aromatic carbocycles. The normalized spacial score (nSPS) is 13.8. The van der Waals surface area contributed by atoms with Gasteiger partial charge in [-0.25, -0.2) is 4.99 Å². The summed E-state index contributed by atoms with van der Waals surface area (Å²) in [5.41, 5.74) is 2.29. The number of nitrogens with one attached hydrogen (secondary N) is 3. The third kappa shape index (κ3) is 11.4. The zero-order valence-corrected chi connectivity index (χ0v) is 19.0. The quantitative estimate of drug-likeness (QED) is 0.172. The molecule has 2 rings (SSSR count). The van der Waals surface area contributed by atoms with Crippen LogP contribution in [0.25, 0.3) is 0 Å². The lowest BCUT2D eigenvalue weighted by molar-refractivity contribution is 0.123. The molecule has 0 amide bonds. The summed E-state index contributed by atoms with van der Waals surface area (Å²) in [5, 5.41) is 9.98. The van der Waals surface area contributed by atoms with Crippen LogP contribution in [0.5, 0.6) is 0 Å². The van der Waals surface area contributed by atoms with Crippen LogP contribution < -0.4 is 16.0 Å². The minimum absolute atomic E-state index is 0. The summed E-state index contributed by atoms with van der Waals surface area (Å²) >= 11 is 0. The van der Waals surface area contributed by atoms with Gasteiger partial charge in [-0.15, -0.1) is 24.0 Å².